The number of ether oxygens (including phenoxy) is 1. The molecular formula is C11H9F4NO2. The first-order valence-electron chi connectivity index (χ1n) is 4.68. The van der Waals surface area contributed by atoms with E-state index in [9.17, 15) is 22.4 Å². The third kappa shape index (κ3) is 3.22. The minimum atomic E-state index is -4.83. The first-order valence-corrected chi connectivity index (χ1v) is 4.68. The van der Waals surface area contributed by atoms with Gasteiger partial charge in [0.2, 0.25) is 0 Å². The molecule has 0 saturated carbocycles. The molecule has 0 aromatic heterocycles. The Morgan fingerprint density at radius 3 is 2.50 bits per heavy atom. The standard InChI is InChI=1S/C11H9F4NO2/c1-18-10(17)5-9(16)6-2-3-8(12)7(4-6)11(13,14)15/h2-5H,16H2,1H3. The summed E-state index contributed by atoms with van der Waals surface area (Å²) in [6, 6.07) is 2.21. The van der Waals surface area contributed by atoms with Gasteiger partial charge < -0.3 is 10.5 Å². The molecule has 0 saturated heterocycles. The molecular weight excluding hydrogens is 254 g/mol. The van der Waals surface area contributed by atoms with Crippen LogP contribution in [0, 0.1) is 5.82 Å². The largest absolute Gasteiger partial charge is 0.466 e. The van der Waals surface area contributed by atoms with E-state index < -0.39 is 23.5 Å². The lowest BCUT2D eigenvalue weighted by Crippen LogP contribution is -2.10. The van der Waals surface area contributed by atoms with Gasteiger partial charge in [0.15, 0.2) is 0 Å². The number of carbonyl (C=O) groups excluding carboxylic acids is 1. The summed E-state index contributed by atoms with van der Waals surface area (Å²) in [5.74, 6) is -2.22. The zero-order chi connectivity index (χ0) is 13.9. The molecule has 0 atom stereocenters. The van der Waals surface area contributed by atoms with Crippen molar-refractivity contribution in [3.05, 3.63) is 41.2 Å². The number of rotatable bonds is 2. The van der Waals surface area contributed by atoms with Crippen LogP contribution in [0.4, 0.5) is 17.6 Å². The molecule has 18 heavy (non-hydrogen) atoms. The van der Waals surface area contributed by atoms with E-state index in [1.54, 1.807) is 0 Å². The predicted molar refractivity (Wildman–Crippen MR) is 55.6 cm³/mol. The summed E-state index contributed by atoms with van der Waals surface area (Å²) in [6.45, 7) is 0. The lowest BCUT2D eigenvalue weighted by Gasteiger charge is -2.10. The van der Waals surface area contributed by atoms with Gasteiger partial charge in [-0.25, -0.2) is 9.18 Å². The Kier molecular flexibility index (Phi) is 3.95. The average molecular weight is 263 g/mol. The van der Waals surface area contributed by atoms with Crippen molar-refractivity contribution < 1.29 is 27.1 Å². The zero-order valence-corrected chi connectivity index (χ0v) is 9.22. The second-order valence-electron chi connectivity index (χ2n) is 3.32. The van der Waals surface area contributed by atoms with Crippen molar-refractivity contribution in [1.29, 1.82) is 0 Å². The fraction of sp³-hybridized carbons (Fsp3) is 0.182. The molecule has 1 aromatic rings. The van der Waals surface area contributed by atoms with E-state index in [2.05, 4.69) is 4.74 Å². The minimum Gasteiger partial charge on any atom is -0.466 e. The van der Waals surface area contributed by atoms with Crippen LogP contribution in [0.15, 0.2) is 24.3 Å². The topological polar surface area (TPSA) is 52.3 Å². The van der Waals surface area contributed by atoms with E-state index in [0.717, 1.165) is 19.3 Å². The van der Waals surface area contributed by atoms with Crippen molar-refractivity contribution in [2.75, 3.05) is 7.11 Å². The molecule has 0 radical (unpaired) electrons. The van der Waals surface area contributed by atoms with Gasteiger partial charge in [0.25, 0.3) is 0 Å². The number of benzene rings is 1. The van der Waals surface area contributed by atoms with Crippen molar-refractivity contribution in [1.82, 2.24) is 0 Å². The summed E-state index contributed by atoms with van der Waals surface area (Å²) >= 11 is 0. The monoisotopic (exact) mass is 263 g/mol. The fourth-order valence-corrected chi connectivity index (χ4v) is 1.19. The number of hydrogen-bond donors (Lipinski definition) is 1. The maximum absolute atomic E-state index is 13.0. The highest BCUT2D eigenvalue weighted by atomic mass is 19.4. The molecule has 3 nitrogen and oxygen atoms in total. The van der Waals surface area contributed by atoms with Crippen LogP contribution < -0.4 is 5.73 Å². The van der Waals surface area contributed by atoms with Gasteiger partial charge in [-0.05, 0) is 23.8 Å². The molecule has 0 amide bonds. The summed E-state index contributed by atoms with van der Waals surface area (Å²) in [5.41, 5.74) is 3.60. The fourth-order valence-electron chi connectivity index (χ4n) is 1.19. The molecule has 98 valence electrons. The molecule has 0 aliphatic rings. The molecule has 0 bridgehead atoms. The zero-order valence-electron chi connectivity index (χ0n) is 9.22. The number of esters is 1. The first kappa shape index (κ1) is 14.0. The van der Waals surface area contributed by atoms with Crippen molar-refractivity contribution >= 4 is 11.7 Å². The van der Waals surface area contributed by atoms with Crippen LogP contribution >= 0.6 is 0 Å². The van der Waals surface area contributed by atoms with Crippen LogP contribution in [-0.4, -0.2) is 13.1 Å². The van der Waals surface area contributed by atoms with Crippen LogP contribution in [-0.2, 0) is 15.7 Å². The minimum absolute atomic E-state index is 0.117. The van der Waals surface area contributed by atoms with Gasteiger partial charge in [0.1, 0.15) is 5.82 Å². The first-order chi connectivity index (χ1) is 8.25. The molecule has 0 unspecified atom stereocenters. The number of hydrogen-bond acceptors (Lipinski definition) is 3. The second kappa shape index (κ2) is 5.07. The summed E-state index contributed by atoms with van der Waals surface area (Å²) in [5, 5.41) is 0. The number of methoxy groups -OCH3 is 1. The lowest BCUT2D eigenvalue weighted by atomic mass is 10.1. The van der Waals surface area contributed by atoms with Crippen molar-refractivity contribution in [3.8, 4) is 0 Å². The lowest BCUT2D eigenvalue weighted by molar-refractivity contribution is -0.140. The highest BCUT2D eigenvalue weighted by Crippen LogP contribution is 2.32. The smallest absolute Gasteiger partial charge is 0.419 e. The van der Waals surface area contributed by atoms with Gasteiger partial charge in [-0.1, -0.05) is 0 Å². The van der Waals surface area contributed by atoms with Crippen molar-refractivity contribution in [2.45, 2.75) is 6.18 Å². The highest BCUT2D eigenvalue weighted by Gasteiger charge is 2.34. The van der Waals surface area contributed by atoms with E-state index >= 15 is 0 Å². The van der Waals surface area contributed by atoms with Gasteiger partial charge in [-0.15, -0.1) is 0 Å². The SMILES string of the molecule is COC(=O)C=C(N)c1ccc(F)c(C(F)(F)F)c1. The van der Waals surface area contributed by atoms with E-state index in [1.165, 1.54) is 0 Å². The maximum atomic E-state index is 13.0. The van der Waals surface area contributed by atoms with Crippen molar-refractivity contribution in [3.63, 3.8) is 0 Å². The van der Waals surface area contributed by atoms with Crippen LogP contribution in [0.25, 0.3) is 5.70 Å². The maximum Gasteiger partial charge on any atom is 0.419 e. The van der Waals surface area contributed by atoms with E-state index in [4.69, 9.17) is 5.73 Å². The molecule has 7 heteroatoms. The van der Waals surface area contributed by atoms with Gasteiger partial charge >= 0.3 is 12.1 Å². The van der Waals surface area contributed by atoms with Gasteiger partial charge in [-0.2, -0.15) is 13.2 Å². The van der Waals surface area contributed by atoms with Gasteiger partial charge in [-0.3, -0.25) is 0 Å². The molecule has 1 rings (SSSR count). The quantitative estimate of drug-likeness (QED) is 0.506. The Balaban J connectivity index is 3.21. The van der Waals surface area contributed by atoms with Crippen LogP contribution in [0.2, 0.25) is 0 Å². The Bertz CT molecular complexity index is 494. The van der Waals surface area contributed by atoms with Crippen molar-refractivity contribution in [2.24, 2.45) is 5.73 Å². The number of carbonyl (C=O) groups is 1. The van der Waals surface area contributed by atoms with Crippen LogP contribution in [0.3, 0.4) is 0 Å². The van der Waals surface area contributed by atoms with Gasteiger partial charge in [0.05, 0.1) is 12.7 Å². The summed E-state index contributed by atoms with van der Waals surface area (Å²) in [4.78, 5) is 10.9. The van der Waals surface area contributed by atoms with E-state index in [0.29, 0.717) is 12.1 Å². The van der Waals surface area contributed by atoms with E-state index in [1.807, 2.05) is 0 Å². The van der Waals surface area contributed by atoms with E-state index in [-0.39, 0.29) is 11.3 Å². The number of nitrogens with two attached hydrogens (primary N) is 1. The normalized spacial score (nSPS) is 12.4. The van der Waals surface area contributed by atoms with Gasteiger partial charge in [0, 0.05) is 11.8 Å². The summed E-state index contributed by atoms with van der Waals surface area (Å²) in [7, 11) is 1.10. The molecule has 0 heterocycles. The summed E-state index contributed by atoms with van der Waals surface area (Å²) < 4.78 is 54.5. The highest BCUT2D eigenvalue weighted by molar-refractivity contribution is 5.90. The third-order valence-corrected chi connectivity index (χ3v) is 2.08. The average Bonchev–Trinajstić information content (AvgIpc) is 2.27. The molecule has 0 fully saturated rings. The van der Waals surface area contributed by atoms with Crippen LogP contribution in [0.1, 0.15) is 11.1 Å². The second-order valence-corrected chi connectivity index (χ2v) is 3.32. The summed E-state index contributed by atoms with van der Waals surface area (Å²) in [6.07, 6.45) is -4.01. The molecule has 0 aliphatic heterocycles. The Hall–Kier alpha value is -2.05. The van der Waals surface area contributed by atoms with Crippen LogP contribution in [0.5, 0.6) is 0 Å². The number of halogens is 4. The third-order valence-electron chi connectivity index (χ3n) is 2.08. The molecule has 1 aromatic carbocycles. The Labute approximate surface area is 99.8 Å². The Morgan fingerprint density at radius 1 is 1.39 bits per heavy atom. The number of alkyl halides is 3. The Morgan fingerprint density at radius 2 is 2.00 bits per heavy atom. The molecule has 2 N–H and O–H groups in total. The predicted octanol–water partition coefficient (Wildman–Crippen LogP) is 2.32. The molecule has 0 spiro atoms. The molecule has 0 aliphatic carbocycles.